The lowest BCUT2D eigenvalue weighted by atomic mass is 9.79. The van der Waals surface area contributed by atoms with E-state index < -0.39 is 0 Å². The molecule has 41 heavy (non-hydrogen) atoms. The van der Waals surface area contributed by atoms with Crippen LogP contribution in [-0.2, 0) is 22.3 Å². The molecule has 0 N–H and O–H groups in total. The molecule has 6 rings (SSSR count). The summed E-state index contributed by atoms with van der Waals surface area (Å²) in [5.74, 6) is 4.23. The zero-order valence-electron chi connectivity index (χ0n) is 24.4. The van der Waals surface area contributed by atoms with Crippen LogP contribution in [0.3, 0.4) is 0 Å². The highest BCUT2D eigenvalue weighted by molar-refractivity contribution is 5.82. The van der Waals surface area contributed by atoms with E-state index in [9.17, 15) is 0 Å². The minimum Gasteiger partial charge on any atom is -0.498 e. The Bertz CT molecular complexity index is 1440. The van der Waals surface area contributed by atoms with Crippen LogP contribution in [0.4, 0.5) is 0 Å². The first-order valence-electron chi connectivity index (χ1n) is 14.1. The van der Waals surface area contributed by atoms with E-state index in [1.807, 2.05) is 18.2 Å². The van der Waals surface area contributed by atoms with Crippen LogP contribution in [0.5, 0.6) is 28.7 Å². The molecule has 3 aliphatic heterocycles. The maximum atomic E-state index is 6.46. The zero-order chi connectivity index (χ0) is 28.5. The summed E-state index contributed by atoms with van der Waals surface area (Å²) < 4.78 is 40.8. The number of nitrogens with zero attached hydrogens (tertiary/aromatic N) is 1. The molecule has 0 amide bonds. The van der Waals surface area contributed by atoms with Gasteiger partial charge >= 0.3 is 0 Å². The number of hydrogen-bond acceptors (Lipinski definition) is 8. The molecule has 216 valence electrons. The quantitative estimate of drug-likeness (QED) is 0.338. The molecule has 2 aromatic carbocycles. The summed E-state index contributed by atoms with van der Waals surface area (Å²) in [5.41, 5.74) is 8.04. The van der Waals surface area contributed by atoms with Gasteiger partial charge in [-0.2, -0.15) is 0 Å². The van der Waals surface area contributed by atoms with Crippen molar-refractivity contribution in [3.05, 3.63) is 81.8 Å². The lowest BCUT2D eigenvalue weighted by Gasteiger charge is -2.40. The van der Waals surface area contributed by atoms with Gasteiger partial charge in [0.1, 0.15) is 11.9 Å². The van der Waals surface area contributed by atoms with Crippen LogP contribution in [0.25, 0.3) is 5.70 Å². The van der Waals surface area contributed by atoms with Gasteiger partial charge in [-0.05, 0) is 65.5 Å². The van der Waals surface area contributed by atoms with Crippen LogP contribution in [0.1, 0.15) is 36.5 Å². The molecule has 0 radical (unpaired) electrons. The first-order chi connectivity index (χ1) is 20.1. The van der Waals surface area contributed by atoms with E-state index in [4.69, 9.17) is 33.2 Å². The summed E-state index contributed by atoms with van der Waals surface area (Å²) in [4.78, 5) is 2.36. The number of hydrogen-bond donors (Lipinski definition) is 0. The van der Waals surface area contributed by atoms with Gasteiger partial charge in [-0.25, -0.2) is 0 Å². The Hall–Kier alpha value is -4.04. The topological polar surface area (TPSA) is 67.9 Å². The van der Waals surface area contributed by atoms with Crippen molar-refractivity contribution in [1.29, 1.82) is 0 Å². The fraction of sp³-hybridized carbons (Fsp3) is 0.394. The van der Waals surface area contributed by atoms with E-state index >= 15 is 0 Å². The van der Waals surface area contributed by atoms with Crippen LogP contribution >= 0.6 is 0 Å². The molecule has 0 fully saturated rings. The van der Waals surface area contributed by atoms with Gasteiger partial charge in [0.15, 0.2) is 23.0 Å². The summed E-state index contributed by atoms with van der Waals surface area (Å²) in [7, 11) is 6.62. The first-order valence-corrected chi connectivity index (χ1v) is 14.1. The van der Waals surface area contributed by atoms with Crippen molar-refractivity contribution in [3.8, 4) is 28.7 Å². The SMILES string of the molecule is CCCCOC1C(OC)=CC=C2C1=CN1CCc3cc4c(cc3C1=C2Cc1cc(OC)c(OC)c(OC)c1)OCO4. The van der Waals surface area contributed by atoms with E-state index in [0.29, 0.717) is 30.3 Å². The second kappa shape index (κ2) is 11.4. The fourth-order valence-corrected chi connectivity index (χ4v) is 6.05. The number of unbranched alkanes of at least 4 members (excludes halogenated alkanes) is 1. The molecule has 8 heteroatoms. The number of allylic oxidation sites excluding steroid dienone is 3. The normalized spacial score (nSPS) is 18.5. The fourth-order valence-electron chi connectivity index (χ4n) is 6.05. The van der Waals surface area contributed by atoms with E-state index in [2.05, 4.69) is 36.2 Å². The van der Waals surface area contributed by atoms with Gasteiger partial charge in [0, 0.05) is 36.9 Å². The minimum atomic E-state index is -0.277. The van der Waals surface area contributed by atoms with Crippen molar-refractivity contribution in [2.75, 3.05) is 48.4 Å². The number of methoxy groups -OCH3 is 4. The second-order valence-electron chi connectivity index (χ2n) is 10.4. The number of benzene rings is 2. The van der Waals surface area contributed by atoms with Crippen LogP contribution in [0.15, 0.2) is 65.1 Å². The first kappa shape index (κ1) is 27.1. The Balaban J connectivity index is 1.52. The molecule has 1 unspecified atom stereocenters. The molecular weight excluding hydrogens is 522 g/mol. The molecule has 3 heterocycles. The number of ether oxygens (including phenoxy) is 7. The molecule has 4 aliphatic rings. The van der Waals surface area contributed by atoms with Crippen molar-refractivity contribution < 1.29 is 33.2 Å². The average Bonchev–Trinajstić information content (AvgIpc) is 3.46. The highest BCUT2D eigenvalue weighted by atomic mass is 16.7. The van der Waals surface area contributed by atoms with Crippen LogP contribution < -0.4 is 23.7 Å². The maximum Gasteiger partial charge on any atom is 0.231 e. The third kappa shape index (κ3) is 4.80. The van der Waals surface area contributed by atoms with Crippen molar-refractivity contribution in [2.24, 2.45) is 0 Å². The molecule has 1 aliphatic carbocycles. The van der Waals surface area contributed by atoms with Gasteiger partial charge < -0.3 is 38.1 Å². The number of rotatable bonds is 10. The van der Waals surface area contributed by atoms with Crippen LogP contribution in [-0.4, -0.2) is 59.4 Å². The third-order valence-electron chi connectivity index (χ3n) is 8.06. The monoisotopic (exact) mass is 559 g/mol. The van der Waals surface area contributed by atoms with Crippen molar-refractivity contribution in [1.82, 2.24) is 4.90 Å². The Labute approximate surface area is 241 Å². The van der Waals surface area contributed by atoms with Gasteiger partial charge in [-0.15, -0.1) is 0 Å². The van der Waals surface area contributed by atoms with E-state index in [1.54, 1.807) is 28.4 Å². The van der Waals surface area contributed by atoms with Crippen molar-refractivity contribution in [2.45, 2.75) is 38.7 Å². The van der Waals surface area contributed by atoms with E-state index in [1.165, 1.54) is 11.1 Å². The summed E-state index contributed by atoms with van der Waals surface area (Å²) in [6, 6.07) is 8.31. The Kier molecular flexibility index (Phi) is 7.58. The molecule has 0 spiro atoms. The molecule has 0 bridgehead atoms. The summed E-state index contributed by atoms with van der Waals surface area (Å²) in [6.45, 7) is 3.92. The van der Waals surface area contributed by atoms with Gasteiger partial charge in [0.05, 0.1) is 34.1 Å². The van der Waals surface area contributed by atoms with Gasteiger partial charge in [0.25, 0.3) is 0 Å². The van der Waals surface area contributed by atoms with Crippen LogP contribution in [0.2, 0.25) is 0 Å². The Morgan fingerprint density at radius 2 is 1.66 bits per heavy atom. The minimum absolute atomic E-state index is 0.246. The summed E-state index contributed by atoms with van der Waals surface area (Å²) >= 11 is 0. The Morgan fingerprint density at radius 3 is 2.34 bits per heavy atom. The van der Waals surface area contributed by atoms with Crippen molar-refractivity contribution in [3.63, 3.8) is 0 Å². The molecule has 1 atom stereocenters. The summed E-state index contributed by atoms with van der Waals surface area (Å²) in [5, 5.41) is 0. The predicted molar refractivity (Wildman–Crippen MR) is 156 cm³/mol. The predicted octanol–water partition coefficient (Wildman–Crippen LogP) is 5.81. The van der Waals surface area contributed by atoms with Gasteiger partial charge in [0.2, 0.25) is 12.5 Å². The smallest absolute Gasteiger partial charge is 0.231 e. The molecule has 0 aromatic heterocycles. The molecule has 8 nitrogen and oxygen atoms in total. The highest BCUT2D eigenvalue weighted by Gasteiger charge is 2.37. The van der Waals surface area contributed by atoms with Crippen molar-refractivity contribution >= 4 is 5.70 Å². The highest BCUT2D eigenvalue weighted by Crippen LogP contribution is 2.48. The molecule has 2 aromatic rings. The maximum absolute atomic E-state index is 6.46. The lowest BCUT2D eigenvalue weighted by Crippen LogP contribution is -2.34. The number of fused-ring (bicyclic) bond motifs is 5. The third-order valence-corrected chi connectivity index (χ3v) is 8.06. The lowest BCUT2D eigenvalue weighted by molar-refractivity contribution is 0.0588. The second-order valence-corrected chi connectivity index (χ2v) is 10.4. The van der Waals surface area contributed by atoms with Crippen LogP contribution in [0, 0.1) is 0 Å². The zero-order valence-corrected chi connectivity index (χ0v) is 24.4. The average molecular weight is 560 g/mol. The molecular formula is C33H37NO7. The van der Waals surface area contributed by atoms with Gasteiger partial charge in [-0.3, -0.25) is 0 Å². The standard InChI is InChI=1S/C33H37NO7/c1-6-7-12-39-32-25-18-34-11-10-21-16-27-28(41-19-40-27)17-23(21)31(34)24(22(25)8-9-26(32)35-2)13-20-14-29(36-3)33(38-5)30(15-20)37-4/h8-9,14-18,32H,6-7,10-13,19H2,1-5H3. The van der Waals surface area contributed by atoms with E-state index in [-0.39, 0.29) is 12.9 Å². The molecule has 0 saturated heterocycles. The van der Waals surface area contributed by atoms with E-state index in [0.717, 1.165) is 71.0 Å². The van der Waals surface area contributed by atoms with Gasteiger partial charge in [-0.1, -0.05) is 19.4 Å². The molecule has 0 saturated carbocycles. The summed E-state index contributed by atoms with van der Waals surface area (Å²) in [6.07, 6.45) is 9.75. The largest absolute Gasteiger partial charge is 0.498 e. The Morgan fingerprint density at radius 1 is 0.902 bits per heavy atom.